The largest absolute Gasteiger partial charge is 0.430 e. The molecule has 0 saturated carbocycles. The lowest BCUT2D eigenvalue weighted by molar-refractivity contribution is -0.270. The van der Waals surface area contributed by atoms with Gasteiger partial charge in [0.1, 0.15) is 5.82 Å². The highest BCUT2D eigenvalue weighted by molar-refractivity contribution is 5.92. The maximum Gasteiger partial charge on any atom is 0.430 e. The van der Waals surface area contributed by atoms with Crippen LogP contribution in [-0.4, -0.2) is 74.6 Å². The fraction of sp³-hybridized carbons (Fsp3) is 0.407. The quantitative estimate of drug-likeness (QED) is 0.302. The Morgan fingerprint density at radius 1 is 1.05 bits per heavy atom. The maximum absolute atomic E-state index is 14.5. The van der Waals surface area contributed by atoms with Crippen molar-refractivity contribution in [3.63, 3.8) is 0 Å². The number of nitrogens with zero attached hydrogens (tertiary/aromatic N) is 3. The number of aromatic nitrogens is 1. The number of piperazine rings is 1. The summed E-state index contributed by atoms with van der Waals surface area (Å²) in [5.74, 6) is -0.533. The number of benzene rings is 2. The van der Waals surface area contributed by atoms with E-state index in [4.69, 9.17) is 9.47 Å². The molecule has 1 fully saturated rings. The molecule has 0 radical (unpaired) electrons. The van der Waals surface area contributed by atoms with Gasteiger partial charge >= 0.3 is 6.18 Å². The van der Waals surface area contributed by atoms with E-state index in [1.165, 1.54) is 29.2 Å². The summed E-state index contributed by atoms with van der Waals surface area (Å²) >= 11 is 0. The minimum Gasteiger partial charge on any atom is -0.379 e. The second-order valence-corrected chi connectivity index (χ2v) is 8.82. The number of carbonyl (C=O) groups excluding carboxylic acids is 1. The number of halogens is 4. The first-order valence-electron chi connectivity index (χ1n) is 12.0. The number of methoxy groups -OCH3 is 1. The first-order valence-corrected chi connectivity index (χ1v) is 12.0. The summed E-state index contributed by atoms with van der Waals surface area (Å²) in [7, 11) is 0.895. The van der Waals surface area contributed by atoms with Crippen molar-refractivity contribution >= 4 is 22.5 Å². The van der Waals surface area contributed by atoms with E-state index in [9.17, 15) is 22.4 Å². The number of hydrogen-bond donors (Lipinski definition) is 0. The molecule has 37 heavy (non-hydrogen) atoms. The molecule has 198 valence electrons. The van der Waals surface area contributed by atoms with Gasteiger partial charge in [0.25, 0.3) is 11.5 Å². The number of anilines is 1. The van der Waals surface area contributed by atoms with E-state index in [1.807, 2.05) is 35.2 Å². The topological polar surface area (TPSA) is 54.9 Å². The van der Waals surface area contributed by atoms with E-state index >= 15 is 0 Å². The summed E-state index contributed by atoms with van der Waals surface area (Å²) < 4.78 is 66.8. The molecule has 10 heteroatoms. The van der Waals surface area contributed by atoms with Gasteiger partial charge in [0.2, 0.25) is 0 Å². The van der Waals surface area contributed by atoms with Crippen LogP contribution in [0.1, 0.15) is 12.0 Å². The fourth-order valence-corrected chi connectivity index (χ4v) is 4.79. The van der Waals surface area contributed by atoms with Crippen LogP contribution in [0.5, 0.6) is 0 Å². The van der Waals surface area contributed by atoms with Gasteiger partial charge in [-0.15, -0.1) is 0 Å². The number of hydrogen-bond acceptors (Lipinski definition) is 5. The summed E-state index contributed by atoms with van der Waals surface area (Å²) in [6.45, 7) is -0.0797. The molecule has 2 heterocycles. The van der Waals surface area contributed by atoms with Gasteiger partial charge in [-0.1, -0.05) is 54.6 Å². The molecule has 1 aliphatic rings. The van der Waals surface area contributed by atoms with Gasteiger partial charge in [0.05, 0.1) is 19.3 Å². The molecule has 1 amide bonds. The number of fused-ring (bicyclic) bond motifs is 1. The molecular weight excluding hydrogens is 490 g/mol. The minimum absolute atomic E-state index is 0.0265. The number of pyridine rings is 1. The third-order valence-electron chi connectivity index (χ3n) is 6.61. The maximum atomic E-state index is 14.5. The van der Waals surface area contributed by atoms with Crippen LogP contribution in [0.25, 0.3) is 10.8 Å². The van der Waals surface area contributed by atoms with Crippen LogP contribution in [0.3, 0.4) is 0 Å². The second-order valence-electron chi connectivity index (χ2n) is 8.82. The summed E-state index contributed by atoms with van der Waals surface area (Å²) in [5.41, 5.74) is -3.43. The van der Waals surface area contributed by atoms with E-state index in [0.29, 0.717) is 5.82 Å². The summed E-state index contributed by atoms with van der Waals surface area (Å²) in [6.07, 6.45) is -3.12. The van der Waals surface area contributed by atoms with Crippen molar-refractivity contribution in [1.82, 2.24) is 9.88 Å². The van der Waals surface area contributed by atoms with Gasteiger partial charge in [-0.3, -0.25) is 9.18 Å². The van der Waals surface area contributed by atoms with Crippen molar-refractivity contribution < 1.29 is 31.8 Å². The van der Waals surface area contributed by atoms with Crippen molar-refractivity contribution in [2.45, 2.75) is 24.2 Å². The van der Waals surface area contributed by atoms with Gasteiger partial charge in [-0.25, -0.2) is 4.98 Å². The average molecular weight is 520 g/mol. The van der Waals surface area contributed by atoms with Gasteiger partial charge in [0, 0.05) is 50.5 Å². The Hall–Kier alpha value is -3.24. The Kier molecular flexibility index (Phi) is 8.29. The molecule has 0 bridgehead atoms. The highest BCUT2D eigenvalue weighted by atomic mass is 19.4. The van der Waals surface area contributed by atoms with Crippen LogP contribution in [0, 0.1) is 0 Å². The van der Waals surface area contributed by atoms with E-state index in [-0.39, 0.29) is 44.8 Å². The first kappa shape index (κ1) is 26.8. The third kappa shape index (κ3) is 5.26. The van der Waals surface area contributed by atoms with Crippen molar-refractivity contribution in [3.8, 4) is 0 Å². The van der Waals surface area contributed by atoms with Crippen LogP contribution in [0.15, 0.2) is 66.9 Å². The molecule has 3 aromatic rings. The Morgan fingerprint density at radius 3 is 2.49 bits per heavy atom. The molecule has 0 N–H and O–H groups in total. The standard InChI is InChI=1S/C27H29F4N3O3/c1-36-26(27(29,30)31,21-9-3-2-4-10-21)25(35)33-15-16-34(22(18-33)19-37-17-7-13-28)24-23-11-6-5-8-20(23)12-14-32-24/h2-6,8-12,14,22H,7,13,15-19H2,1H3/t22-,26-/m0/s1. The molecule has 2 atom stereocenters. The normalized spacial score (nSPS) is 18.1. The zero-order valence-electron chi connectivity index (χ0n) is 20.5. The predicted molar refractivity (Wildman–Crippen MR) is 132 cm³/mol. The fourth-order valence-electron chi connectivity index (χ4n) is 4.79. The summed E-state index contributed by atoms with van der Waals surface area (Å²) in [4.78, 5) is 21.3. The van der Waals surface area contributed by atoms with Crippen molar-refractivity contribution in [2.75, 3.05) is 51.5 Å². The minimum atomic E-state index is -5.00. The molecule has 1 aliphatic heterocycles. The molecule has 0 aliphatic carbocycles. The Balaban J connectivity index is 1.67. The lowest BCUT2D eigenvalue weighted by Crippen LogP contribution is -2.63. The van der Waals surface area contributed by atoms with E-state index in [1.54, 1.807) is 12.3 Å². The lowest BCUT2D eigenvalue weighted by Gasteiger charge is -2.45. The number of amides is 1. The van der Waals surface area contributed by atoms with Crippen molar-refractivity contribution in [2.24, 2.45) is 0 Å². The van der Waals surface area contributed by atoms with Crippen molar-refractivity contribution in [3.05, 3.63) is 72.4 Å². The van der Waals surface area contributed by atoms with Crippen LogP contribution >= 0.6 is 0 Å². The highest BCUT2D eigenvalue weighted by Crippen LogP contribution is 2.44. The van der Waals surface area contributed by atoms with E-state index < -0.39 is 30.4 Å². The van der Waals surface area contributed by atoms with Gasteiger partial charge in [0.15, 0.2) is 0 Å². The third-order valence-corrected chi connectivity index (χ3v) is 6.61. The Morgan fingerprint density at radius 2 is 1.78 bits per heavy atom. The Labute approximate surface area is 212 Å². The number of carbonyl (C=O) groups is 1. The lowest BCUT2D eigenvalue weighted by atomic mass is 9.90. The molecule has 1 saturated heterocycles. The zero-order chi connectivity index (χ0) is 26.5. The van der Waals surface area contributed by atoms with Gasteiger partial charge in [-0.05, 0) is 17.9 Å². The molecule has 0 spiro atoms. The predicted octanol–water partition coefficient (Wildman–Crippen LogP) is 4.73. The highest BCUT2D eigenvalue weighted by Gasteiger charge is 2.64. The summed E-state index contributed by atoms with van der Waals surface area (Å²) in [6, 6.07) is 16.0. The average Bonchev–Trinajstić information content (AvgIpc) is 2.91. The van der Waals surface area contributed by atoms with Crippen molar-refractivity contribution in [1.29, 1.82) is 0 Å². The van der Waals surface area contributed by atoms with Gasteiger partial charge in [-0.2, -0.15) is 13.2 Å². The molecule has 4 rings (SSSR count). The molecule has 2 aromatic carbocycles. The second kappa shape index (κ2) is 11.4. The number of rotatable bonds is 9. The molecule has 1 aromatic heterocycles. The van der Waals surface area contributed by atoms with Crippen LogP contribution in [-0.2, 0) is 19.9 Å². The Bertz CT molecular complexity index is 1190. The number of alkyl halides is 4. The molecule has 6 nitrogen and oxygen atoms in total. The van der Waals surface area contributed by atoms with E-state index in [2.05, 4.69) is 4.98 Å². The van der Waals surface area contributed by atoms with Crippen LogP contribution in [0.4, 0.5) is 23.4 Å². The molecular formula is C27H29F4N3O3. The van der Waals surface area contributed by atoms with Gasteiger partial charge < -0.3 is 19.3 Å². The number of ether oxygens (including phenoxy) is 2. The molecule has 0 unspecified atom stereocenters. The zero-order valence-corrected chi connectivity index (χ0v) is 20.5. The van der Waals surface area contributed by atoms with Crippen LogP contribution < -0.4 is 4.90 Å². The van der Waals surface area contributed by atoms with Crippen LogP contribution in [0.2, 0.25) is 0 Å². The first-order chi connectivity index (χ1) is 17.8. The smallest absolute Gasteiger partial charge is 0.379 e. The summed E-state index contributed by atoms with van der Waals surface area (Å²) in [5, 5.41) is 1.84. The monoisotopic (exact) mass is 519 g/mol. The van der Waals surface area contributed by atoms with E-state index in [0.717, 1.165) is 17.9 Å². The SMILES string of the molecule is CO[C@](C(=O)N1CCN(c2nccc3ccccc23)[C@H](COCCCF)C1)(c1ccccc1)C(F)(F)F.